The third-order valence-corrected chi connectivity index (χ3v) is 3.12. The van der Waals surface area contributed by atoms with Crippen molar-refractivity contribution in [2.45, 2.75) is 38.9 Å². The standard InChI is InChI=1S/C18H22O2/c1-15(13-17-9-5-3-6-10-17)19-20-16(2)14-18-11-7-4-8-12-18/h3-12,15-16H,13-14H2,1-2H3. The van der Waals surface area contributed by atoms with Crippen molar-refractivity contribution in [2.24, 2.45) is 0 Å². The molecular weight excluding hydrogens is 248 g/mol. The van der Waals surface area contributed by atoms with E-state index in [2.05, 4.69) is 24.3 Å². The minimum absolute atomic E-state index is 0.0515. The highest BCUT2D eigenvalue weighted by molar-refractivity contribution is 5.16. The van der Waals surface area contributed by atoms with Crippen molar-refractivity contribution in [1.29, 1.82) is 0 Å². The van der Waals surface area contributed by atoms with Gasteiger partial charge in [-0.15, -0.1) is 0 Å². The molecule has 2 aromatic rings. The van der Waals surface area contributed by atoms with Crippen molar-refractivity contribution in [1.82, 2.24) is 0 Å². The van der Waals surface area contributed by atoms with Crippen LogP contribution in [0.5, 0.6) is 0 Å². The third-order valence-electron chi connectivity index (χ3n) is 3.12. The molecule has 0 heterocycles. The van der Waals surface area contributed by atoms with Crippen LogP contribution >= 0.6 is 0 Å². The van der Waals surface area contributed by atoms with Crippen LogP contribution in [0, 0.1) is 0 Å². The van der Waals surface area contributed by atoms with Gasteiger partial charge in [0.05, 0.1) is 12.2 Å². The maximum absolute atomic E-state index is 5.48. The Hall–Kier alpha value is -1.64. The molecule has 0 aliphatic heterocycles. The van der Waals surface area contributed by atoms with Gasteiger partial charge in [0, 0.05) is 12.8 Å². The number of rotatable bonds is 7. The highest BCUT2D eigenvalue weighted by Crippen LogP contribution is 2.10. The second-order valence-electron chi connectivity index (χ2n) is 5.19. The average molecular weight is 270 g/mol. The van der Waals surface area contributed by atoms with Gasteiger partial charge in [-0.25, -0.2) is 9.78 Å². The number of hydrogen-bond donors (Lipinski definition) is 0. The zero-order chi connectivity index (χ0) is 14.2. The van der Waals surface area contributed by atoms with E-state index in [-0.39, 0.29) is 12.2 Å². The summed E-state index contributed by atoms with van der Waals surface area (Å²) in [6, 6.07) is 20.6. The maximum Gasteiger partial charge on any atom is 0.0942 e. The summed E-state index contributed by atoms with van der Waals surface area (Å²) in [7, 11) is 0. The summed E-state index contributed by atoms with van der Waals surface area (Å²) in [5, 5.41) is 0. The first-order chi connectivity index (χ1) is 9.74. The molecule has 0 amide bonds. The summed E-state index contributed by atoms with van der Waals surface area (Å²) in [6.07, 6.45) is 1.82. The minimum atomic E-state index is 0.0515. The Kier molecular flexibility index (Phi) is 5.78. The Labute approximate surface area is 121 Å². The quantitative estimate of drug-likeness (QED) is 0.554. The molecular formula is C18H22O2. The fourth-order valence-corrected chi connectivity index (χ4v) is 2.15. The van der Waals surface area contributed by atoms with Crippen LogP contribution in [0.15, 0.2) is 60.7 Å². The SMILES string of the molecule is CC(Cc1ccccc1)OOC(C)Cc1ccccc1. The van der Waals surface area contributed by atoms with E-state index in [0.29, 0.717) is 0 Å². The average Bonchev–Trinajstić information content (AvgIpc) is 2.47. The fraction of sp³-hybridized carbons (Fsp3) is 0.333. The highest BCUT2D eigenvalue weighted by atomic mass is 17.2. The topological polar surface area (TPSA) is 18.5 Å². The Morgan fingerprint density at radius 2 is 1.00 bits per heavy atom. The van der Waals surface area contributed by atoms with Gasteiger partial charge in [-0.3, -0.25) is 0 Å². The predicted octanol–water partition coefficient (Wildman–Crippen LogP) is 4.20. The summed E-state index contributed by atoms with van der Waals surface area (Å²) in [4.78, 5) is 11.0. The summed E-state index contributed by atoms with van der Waals surface area (Å²) < 4.78 is 0. The Morgan fingerprint density at radius 3 is 1.35 bits per heavy atom. The summed E-state index contributed by atoms with van der Waals surface area (Å²) in [5.41, 5.74) is 2.53. The third kappa shape index (κ3) is 5.16. The molecule has 0 fully saturated rings. The molecule has 2 rings (SSSR count). The molecule has 2 atom stereocenters. The van der Waals surface area contributed by atoms with E-state index in [4.69, 9.17) is 9.78 Å². The predicted molar refractivity (Wildman–Crippen MR) is 81.4 cm³/mol. The normalized spacial score (nSPS) is 13.9. The Bertz CT molecular complexity index is 434. The molecule has 2 nitrogen and oxygen atoms in total. The van der Waals surface area contributed by atoms with Gasteiger partial charge in [0.2, 0.25) is 0 Å². The minimum Gasteiger partial charge on any atom is -0.233 e. The van der Waals surface area contributed by atoms with Gasteiger partial charge in [-0.2, -0.15) is 0 Å². The van der Waals surface area contributed by atoms with Gasteiger partial charge in [0.15, 0.2) is 0 Å². The first-order valence-corrected chi connectivity index (χ1v) is 7.14. The van der Waals surface area contributed by atoms with E-state index in [9.17, 15) is 0 Å². The van der Waals surface area contributed by atoms with E-state index in [0.717, 1.165) is 12.8 Å². The smallest absolute Gasteiger partial charge is 0.0942 e. The lowest BCUT2D eigenvalue weighted by molar-refractivity contribution is -0.343. The van der Waals surface area contributed by atoms with E-state index in [1.165, 1.54) is 11.1 Å². The van der Waals surface area contributed by atoms with Gasteiger partial charge in [-0.1, -0.05) is 60.7 Å². The van der Waals surface area contributed by atoms with E-state index >= 15 is 0 Å². The summed E-state index contributed by atoms with van der Waals surface area (Å²) in [5.74, 6) is 0. The summed E-state index contributed by atoms with van der Waals surface area (Å²) >= 11 is 0. The largest absolute Gasteiger partial charge is 0.233 e. The van der Waals surface area contributed by atoms with Crippen molar-refractivity contribution in [3.8, 4) is 0 Å². The van der Waals surface area contributed by atoms with Crippen LogP contribution in [0.25, 0.3) is 0 Å². The first-order valence-electron chi connectivity index (χ1n) is 7.14. The molecule has 0 radical (unpaired) electrons. The zero-order valence-electron chi connectivity index (χ0n) is 12.2. The van der Waals surface area contributed by atoms with Crippen LogP contribution in [0.2, 0.25) is 0 Å². The van der Waals surface area contributed by atoms with Gasteiger partial charge in [0.25, 0.3) is 0 Å². The Morgan fingerprint density at radius 1 is 0.650 bits per heavy atom. The van der Waals surface area contributed by atoms with Crippen LogP contribution in [0.1, 0.15) is 25.0 Å². The molecule has 106 valence electrons. The van der Waals surface area contributed by atoms with Crippen LogP contribution in [0.3, 0.4) is 0 Å². The molecule has 0 aromatic heterocycles. The fourth-order valence-electron chi connectivity index (χ4n) is 2.15. The second-order valence-corrected chi connectivity index (χ2v) is 5.19. The molecule has 2 heteroatoms. The van der Waals surface area contributed by atoms with Crippen LogP contribution in [0.4, 0.5) is 0 Å². The molecule has 2 aromatic carbocycles. The molecule has 20 heavy (non-hydrogen) atoms. The van der Waals surface area contributed by atoms with E-state index in [1.54, 1.807) is 0 Å². The van der Waals surface area contributed by atoms with Crippen molar-refractivity contribution < 1.29 is 9.78 Å². The van der Waals surface area contributed by atoms with E-state index < -0.39 is 0 Å². The van der Waals surface area contributed by atoms with Gasteiger partial charge < -0.3 is 0 Å². The molecule has 0 aliphatic rings. The van der Waals surface area contributed by atoms with E-state index in [1.807, 2.05) is 50.2 Å². The lowest BCUT2D eigenvalue weighted by Gasteiger charge is -2.16. The monoisotopic (exact) mass is 270 g/mol. The summed E-state index contributed by atoms with van der Waals surface area (Å²) in [6.45, 7) is 4.06. The molecule has 0 N–H and O–H groups in total. The molecule has 0 saturated carbocycles. The molecule has 2 unspecified atom stereocenters. The zero-order valence-corrected chi connectivity index (χ0v) is 12.2. The van der Waals surface area contributed by atoms with Crippen LogP contribution in [-0.2, 0) is 22.6 Å². The Balaban J connectivity index is 1.71. The molecule has 0 saturated heterocycles. The van der Waals surface area contributed by atoms with Crippen LogP contribution in [-0.4, -0.2) is 12.2 Å². The van der Waals surface area contributed by atoms with Gasteiger partial charge in [0.1, 0.15) is 0 Å². The van der Waals surface area contributed by atoms with Crippen molar-refractivity contribution >= 4 is 0 Å². The van der Waals surface area contributed by atoms with Crippen molar-refractivity contribution in [2.75, 3.05) is 0 Å². The highest BCUT2D eigenvalue weighted by Gasteiger charge is 2.09. The van der Waals surface area contributed by atoms with Gasteiger partial charge >= 0.3 is 0 Å². The molecule has 0 aliphatic carbocycles. The molecule has 0 spiro atoms. The second kappa shape index (κ2) is 7.83. The van der Waals surface area contributed by atoms with Gasteiger partial charge in [-0.05, 0) is 25.0 Å². The number of hydrogen-bond acceptors (Lipinski definition) is 2. The van der Waals surface area contributed by atoms with Crippen LogP contribution < -0.4 is 0 Å². The number of benzene rings is 2. The lowest BCUT2D eigenvalue weighted by atomic mass is 10.1. The maximum atomic E-state index is 5.48. The first kappa shape index (κ1) is 14.8. The lowest BCUT2D eigenvalue weighted by Crippen LogP contribution is -2.18. The van der Waals surface area contributed by atoms with Crippen molar-refractivity contribution in [3.05, 3.63) is 71.8 Å². The molecule has 0 bridgehead atoms. The van der Waals surface area contributed by atoms with Crippen molar-refractivity contribution in [3.63, 3.8) is 0 Å².